The Morgan fingerprint density at radius 3 is 2.86 bits per heavy atom. The lowest BCUT2D eigenvalue weighted by molar-refractivity contribution is 0.928. The highest BCUT2D eigenvalue weighted by Crippen LogP contribution is 2.17. The Kier molecular flexibility index (Phi) is 4.45. The first-order valence-corrected chi connectivity index (χ1v) is 8.19. The van der Waals surface area contributed by atoms with Gasteiger partial charge in [-0.25, -0.2) is 0 Å². The quantitative estimate of drug-likeness (QED) is 0.581. The van der Waals surface area contributed by atoms with E-state index < -0.39 is 0 Å². The van der Waals surface area contributed by atoms with Crippen molar-refractivity contribution < 1.29 is 0 Å². The second-order valence-electron chi connectivity index (χ2n) is 5.19. The SMILES string of the molecule is Cc1cc2cc(CNC(=S)Nc3cccc(Br)c3)ccc2[nH]1. The van der Waals surface area contributed by atoms with Crippen molar-refractivity contribution in [2.24, 2.45) is 0 Å². The molecule has 0 bridgehead atoms. The second kappa shape index (κ2) is 6.50. The molecular formula is C17H16BrN3S. The first kappa shape index (κ1) is 15.1. The number of anilines is 1. The number of benzene rings is 2. The maximum atomic E-state index is 5.33. The molecule has 112 valence electrons. The number of rotatable bonds is 3. The van der Waals surface area contributed by atoms with Crippen LogP contribution in [0.4, 0.5) is 5.69 Å². The van der Waals surface area contributed by atoms with Gasteiger partial charge in [0.05, 0.1) is 0 Å². The van der Waals surface area contributed by atoms with Crippen LogP contribution in [0.15, 0.2) is 53.0 Å². The fourth-order valence-electron chi connectivity index (χ4n) is 2.36. The van der Waals surface area contributed by atoms with Crippen molar-refractivity contribution in [3.63, 3.8) is 0 Å². The minimum absolute atomic E-state index is 0.614. The van der Waals surface area contributed by atoms with Crippen LogP contribution >= 0.6 is 28.1 Å². The predicted octanol–water partition coefficient (Wildman–Crippen LogP) is 4.73. The summed E-state index contributed by atoms with van der Waals surface area (Å²) in [6.45, 7) is 2.76. The molecule has 0 unspecified atom stereocenters. The molecule has 0 radical (unpaired) electrons. The predicted molar refractivity (Wildman–Crippen MR) is 100 cm³/mol. The first-order chi connectivity index (χ1) is 10.6. The molecule has 1 heterocycles. The molecule has 0 aliphatic rings. The molecule has 1 aromatic heterocycles. The third kappa shape index (κ3) is 3.67. The van der Waals surface area contributed by atoms with Crippen LogP contribution in [-0.2, 0) is 6.54 Å². The van der Waals surface area contributed by atoms with Gasteiger partial charge in [0, 0.05) is 27.9 Å². The molecule has 3 nitrogen and oxygen atoms in total. The zero-order valence-electron chi connectivity index (χ0n) is 12.1. The molecule has 3 N–H and O–H groups in total. The van der Waals surface area contributed by atoms with E-state index in [1.54, 1.807) is 0 Å². The van der Waals surface area contributed by atoms with Gasteiger partial charge in [0.1, 0.15) is 0 Å². The number of thiocarbonyl (C=S) groups is 1. The van der Waals surface area contributed by atoms with Crippen molar-refractivity contribution in [2.45, 2.75) is 13.5 Å². The largest absolute Gasteiger partial charge is 0.359 e. The van der Waals surface area contributed by atoms with Crippen LogP contribution in [0.2, 0.25) is 0 Å². The fraction of sp³-hybridized carbons (Fsp3) is 0.118. The smallest absolute Gasteiger partial charge is 0.171 e. The minimum Gasteiger partial charge on any atom is -0.359 e. The van der Waals surface area contributed by atoms with Gasteiger partial charge in [-0.2, -0.15) is 0 Å². The zero-order valence-corrected chi connectivity index (χ0v) is 14.5. The van der Waals surface area contributed by atoms with Crippen molar-refractivity contribution in [3.8, 4) is 0 Å². The Bertz CT molecular complexity index is 826. The molecule has 0 aliphatic heterocycles. The number of aryl methyl sites for hydroxylation is 1. The fourth-order valence-corrected chi connectivity index (χ4v) is 2.95. The van der Waals surface area contributed by atoms with Crippen molar-refractivity contribution in [3.05, 3.63) is 64.3 Å². The van der Waals surface area contributed by atoms with Crippen molar-refractivity contribution in [1.29, 1.82) is 0 Å². The van der Waals surface area contributed by atoms with Crippen molar-refractivity contribution in [2.75, 3.05) is 5.32 Å². The number of fused-ring (bicyclic) bond motifs is 1. The molecule has 0 fully saturated rings. The summed E-state index contributed by atoms with van der Waals surface area (Å²) >= 11 is 8.78. The molecule has 0 amide bonds. The lowest BCUT2D eigenvalue weighted by atomic mass is 10.1. The monoisotopic (exact) mass is 373 g/mol. The number of hydrogen-bond donors (Lipinski definition) is 3. The average molecular weight is 374 g/mol. The van der Waals surface area contributed by atoms with Crippen molar-refractivity contribution >= 4 is 49.9 Å². The second-order valence-corrected chi connectivity index (χ2v) is 6.52. The Morgan fingerprint density at radius 2 is 2.05 bits per heavy atom. The highest BCUT2D eigenvalue weighted by molar-refractivity contribution is 9.10. The molecular weight excluding hydrogens is 358 g/mol. The molecule has 0 saturated carbocycles. The number of nitrogens with one attached hydrogen (secondary N) is 3. The molecule has 0 aliphatic carbocycles. The van der Waals surface area contributed by atoms with E-state index in [4.69, 9.17) is 12.2 Å². The van der Waals surface area contributed by atoms with Gasteiger partial charge in [-0.1, -0.05) is 28.1 Å². The summed E-state index contributed by atoms with van der Waals surface area (Å²) in [4.78, 5) is 3.33. The molecule has 2 aromatic carbocycles. The van der Waals surface area contributed by atoms with E-state index in [1.165, 1.54) is 16.6 Å². The highest BCUT2D eigenvalue weighted by Gasteiger charge is 2.02. The van der Waals surface area contributed by atoms with Gasteiger partial charge in [0.25, 0.3) is 0 Å². The molecule has 0 atom stereocenters. The maximum absolute atomic E-state index is 5.33. The Labute approximate surface area is 143 Å². The minimum atomic E-state index is 0.614. The maximum Gasteiger partial charge on any atom is 0.171 e. The van der Waals surface area contributed by atoms with E-state index >= 15 is 0 Å². The zero-order chi connectivity index (χ0) is 15.5. The highest BCUT2D eigenvalue weighted by atomic mass is 79.9. The van der Waals surface area contributed by atoms with Gasteiger partial charge in [-0.15, -0.1) is 0 Å². The number of H-pyrrole nitrogens is 1. The first-order valence-electron chi connectivity index (χ1n) is 6.99. The van der Waals surface area contributed by atoms with E-state index in [-0.39, 0.29) is 0 Å². The molecule has 5 heteroatoms. The van der Waals surface area contributed by atoms with E-state index in [0.717, 1.165) is 15.7 Å². The molecule has 3 rings (SSSR count). The van der Waals surface area contributed by atoms with Crippen LogP contribution in [0, 0.1) is 6.92 Å². The van der Waals surface area contributed by atoms with Crippen LogP contribution in [-0.4, -0.2) is 10.1 Å². The van der Waals surface area contributed by atoms with E-state index in [0.29, 0.717) is 11.7 Å². The van der Waals surface area contributed by atoms with Crippen LogP contribution in [0.25, 0.3) is 10.9 Å². The normalized spacial score (nSPS) is 10.6. The van der Waals surface area contributed by atoms with E-state index in [1.807, 2.05) is 24.3 Å². The average Bonchev–Trinajstić information content (AvgIpc) is 2.84. The van der Waals surface area contributed by atoms with Crippen LogP contribution < -0.4 is 10.6 Å². The van der Waals surface area contributed by atoms with Gasteiger partial charge < -0.3 is 15.6 Å². The van der Waals surface area contributed by atoms with Crippen LogP contribution in [0.1, 0.15) is 11.3 Å². The molecule has 3 aromatic rings. The summed E-state index contributed by atoms with van der Waals surface area (Å²) < 4.78 is 1.02. The van der Waals surface area contributed by atoms with Gasteiger partial charge in [-0.05, 0) is 66.5 Å². The van der Waals surface area contributed by atoms with E-state index in [2.05, 4.69) is 62.7 Å². The summed E-state index contributed by atoms with van der Waals surface area (Å²) in [7, 11) is 0. The third-order valence-electron chi connectivity index (χ3n) is 3.36. The number of aromatic nitrogens is 1. The van der Waals surface area contributed by atoms with Crippen LogP contribution in [0.3, 0.4) is 0 Å². The van der Waals surface area contributed by atoms with Crippen molar-refractivity contribution in [1.82, 2.24) is 10.3 Å². The van der Waals surface area contributed by atoms with Gasteiger partial charge in [0.15, 0.2) is 5.11 Å². The number of aromatic amines is 1. The summed E-state index contributed by atoms with van der Waals surface area (Å²) in [6, 6.07) is 16.4. The van der Waals surface area contributed by atoms with Gasteiger partial charge in [-0.3, -0.25) is 0 Å². The summed E-state index contributed by atoms with van der Waals surface area (Å²) in [5, 5.41) is 8.25. The standard InChI is InChI=1S/C17H16BrN3S/c1-11-7-13-8-12(5-6-16(13)20-11)10-19-17(22)21-15-4-2-3-14(18)9-15/h2-9,20H,10H2,1H3,(H2,19,21,22). The number of hydrogen-bond acceptors (Lipinski definition) is 1. The molecule has 0 saturated heterocycles. The summed E-state index contributed by atoms with van der Waals surface area (Å²) in [5.74, 6) is 0. The Hall–Kier alpha value is -1.85. The molecule has 22 heavy (non-hydrogen) atoms. The van der Waals surface area contributed by atoms with Gasteiger partial charge >= 0.3 is 0 Å². The lowest BCUT2D eigenvalue weighted by Crippen LogP contribution is -2.27. The Morgan fingerprint density at radius 1 is 1.18 bits per heavy atom. The molecule has 0 spiro atoms. The number of halogens is 1. The van der Waals surface area contributed by atoms with E-state index in [9.17, 15) is 0 Å². The van der Waals surface area contributed by atoms with Gasteiger partial charge in [0.2, 0.25) is 0 Å². The topological polar surface area (TPSA) is 39.8 Å². The Balaban J connectivity index is 1.62. The van der Waals surface area contributed by atoms with Crippen LogP contribution in [0.5, 0.6) is 0 Å². The summed E-state index contributed by atoms with van der Waals surface area (Å²) in [6.07, 6.45) is 0. The lowest BCUT2D eigenvalue weighted by Gasteiger charge is -2.11. The third-order valence-corrected chi connectivity index (χ3v) is 4.10. The summed E-state index contributed by atoms with van der Waals surface area (Å²) in [5.41, 5.74) is 4.50.